The summed E-state index contributed by atoms with van der Waals surface area (Å²) in [5.74, 6) is -0.00335. The maximum atomic E-state index is 10.7. The van der Waals surface area contributed by atoms with Gasteiger partial charge in [-0.3, -0.25) is 9.48 Å². The molecule has 0 spiro atoms. The Hall–Kier alpha value is -1.32. The van der Waals surface area contributed by atoms with Gasteiger partial charge >= 0.3 is 0 Å². The van der Waals surface area contributed by atoms with E-state index in [9.17, 15) is 4.79 Å². The number of nitrogens with one attached hydrogen (secondary N) is 1. The van der Waals surface area contributed by atoms with Crippen LogP contribution in [-0.2, 0) is 11.3 Å². The molecule has 0 saturated heterocycles. The van der Waals surface area contributed by atoms with E-state index in [2.05, 4.69) is 10.4 Å². The van der Waals surface area contributed by atoms with E-state index in [0.717, 1.165) is 5.56 Å². The molecule has 0 aliphatic heterocycles. The average Bonchev–Trinajstić information content (AvgIpc) is 2.53. The van der Waals surface area contributed by atoms with E-state index in [1.165, 1.54) is 6.92 Å². The van der Waals surface area contributed by atoms with Crippen molar-refractivity contribution in [3.05, 3.63) is 18.0 Å². The lowest BCUT2D eigenvalue weighted by atomic mass is 10.3. The van der Waals surface area contributed by atoms with Gasteiger partial charge in [0.15, 0.2) is 0 Å². The summed E-state index contributed by atoms with van der Waals surface area (Å²) in [6.45, 7) is 10.2. The van der Waals surface area contributed by atoms with E-state index in [1.807, 2.05) is 38.6 Å². The topological polar surface area (TPSA) is 46.9 Å². The van der Waals surface area contributed by atoms with E-state index in [-0.39, 0.29) is 11.9 Å². The van der Waals surface area contributed by atoms with Crippen molar-refractivity contribution >= 4 is 5.91 Å². The number of hydrogen-bond donors (Lipinski definition) is 1. The number of nitrogens with zero attached hydrogens (tertiary/aromatic N) is 2. The summed E-state index contributed by atoms with van der Waals surface area (Å²) in [5.41, 5.74) is 1.13. The van der Waals surface area contributed by atoms with Crippen molar-refractivity contribution in [3.8, 4) is 0 Å². The number of hydrogen-bond acceptors (Lipinski definition) is 2. The van der Waals surface area contributed by atoms with Crippen molar-refractivity contribution in [2.24, 2.45) is 0 Å². The summed E-state index contributed by atoms with van der Waals surface area (Å²) in [6.07, 6.45) is 3.76. The molecule has 1 aromatic heterocycles. The first kappa shape index (κ1) is 13.7. The second-order valence-corrected chi connectivity index (χ2v) is 3.34. The molecule has 15 heavy (non-hydrogen) atoms. The number of aryl methyl sites for hydroxylation is 1. The Balaban J connectivity index is 0.000000921. The lowest BCUT2D eigenvalue weighted by Crippen LogP contribution is -2.34. The molecule has 0 bridgehead atoms. The molecule has 1 aromatic rings. The molecule has 86 valence electrons. The summed E-state index contributed by atoms with van der Waals surface area (Å²) in [7, 11) is 0. The highest BCUT2D eigenvalue weighted by atomic mass is 16.1. The van der Waals surface area contributed by atoms with Crippen molar-refractivity contribution in [1.29, 1.82) is 0 Å². The lowest BCUT2D eigenvalue weighted by Gasteiger charge is -2.11. The fraction of sp³-hybridized carbons (Fsp3) is 0.636. The zero-order valence-corrected chi connectivity index (χ0v) is 10.2. The van der Waals surface area contributed by atoms with E-state index in [4.69, 9.17) is 0 Å². The van der Waals surface area contributed by atoms with E-state index in [1.54, 1.807) is 6.20 Å². The average molecular weight is 211 g/mol. The summed E-state index contributed by atoms with van der Waals surface area (Å²) in [6, 6.07) is 0.122. The third-order valence-electron chi connectivity index (χ3n) is 1.67. The zero-order chi connectivity index (χ0) is 11.8. The van der Waals surface area contributed by atoms with Crippen LogP contribution in [0.3, 0.4) is 0 Å². The molecule has 1 N–H and O–H groups in total. The number of aromatic nitrogens is 2. The number of carbonyl (C=O) groups excluding carboxylic acids is 1. The van der Waals surface area contributed by atoms with Crippen LogP contribution in [0.4, 0.5) is 0 Å². The highest BCUT2D eigenvalue weighted by Crippen LogP contribution is 1.95. The van der Waals surface area contributed by atoms with Crippen molar-refractivity contribution in [2.45, 2.75) is 47.2 Å². The van der Waals surface area contributed by atoms with Gasteiger partial charge in [0.1, 0.15) is 0 Å². The highest BCUT2D eigenvalue weighted by molar-refractivity contribution is 5.73. The highest BCUT2D eigenvalue weighted by Gasteiger charge is 2.04. The molecule has 0 aliphatic carbocycles. The smallest absolute Gasteiger partial charge is 0.217 e. The van der Waals surface area contributed by atoms with Gasteiger partial charge in [-0.2, -0.15) is 5.10 Å². The molecule has 0 aromatic carbocycles. The van der Waals surface area contributed by atoms with E-state index >= 15 is 0 Å². The van der Waals surface area contributed by atoms with Gasteiger partial charge in [-0.05, 0) is 19.4 Å². The van der Waals surface area contributed by atoms with Crippen LogP contribution in [0.25, 0.3) is 0 Å². The maximum Gasteiger partial charge on any atom is 0.217 e. The van der Waals surface area contributed by atoms with Gasteiger partial charge in [0.25, 0.3) is 0 Å². The van der Waals surface area contributed by atoms with Gasteiger partial charge in [-0.1, -0.05) is 13.8 Å². The van der Waals surface area contributed by atoms with Crippen molar-refractivity contribution in [1.82, 2.24) is 15.1 Å². The minimum Gasteiger partial charge on any atom is -0.352 e. The third-order valence-corrected chi connectivity index (χ3v) is 1.67. The first-order chi connectivity index (χ1) is 7.08. The van der Waals surface area contributed by atoms with Crippen LogP contribution < -0.4 is 5.32 Å². The number of amides is 1. The van der Waals surface area contributed by atoms with E-state index < -0.39 is 0 Å². The molecule has 1 amide bonds. The predicted molar refractivity (Wildman–Crippen MR) is 61.6 cm³/mol. The Morgan fingerprint density at radius 2 is 2.20 bits per heavy atom. The Bertz CT molecular complexity index is 294. The van der Waals surface area contributed by atoms with Crippen LogP contribution in [0.1, 0.15) is 33.3 Å². The molecule has 1 unspecified atom stereocenters. The largest absolute Gasteiger partial charge is 0.352 e. The SMILES string of the molecule is CC.CC(=O)NC(C)Cn1cc(C)cn1. The second-order valence-electron chi connectivity index (χ2n) is 3.34. The standard InChI is InChI=1S/C9H15N3O.C2H6/c1-7-4-10-12(5-7)6-8(2)11-9(3)13;1-2/h4-5,8H,6H2,1-3H3,(H,11,13);1-2H3. The number of rotatable bonds is 3. The molecule has 0 aliphatic rings. The molecule has 1 heterocycles. The summed E-state index contributed by atoms with van der Waals surface area (Å²) in [5, 5.41) is 6.93. The third kappa shape index (κ3) is 5.88. The zero-order valence-electron chi connectivity index (χ0n) is 10.2. The van der Waals surface area contributed by atoms with E-state index in [0.29, 0.717) is 6.54 Å². The molecule has 4 heteroatoms. The van der Waals surface area contributed by atoms with Crippen LogP contribution in [0.15, 0.2) is 12.4 Å². The number of carbonyl (C=O) groups is 1. The van der Waals surface area contributed by atoms with Gasteiger partial charge in [0.05, 0.1) is 12.7 Å². The second kappa shape index (κ2) is 7.04. The fourth-order valence-electron chi connectivity index (χ4n) is 1.24. The molecule has 1 atom stereocenters. The quantitative estimate of drug-likeness (QED) is 0.828. The monoisotopic (exact) mass is 211 g/mol. The minimum absolute atomic E-state index is 0.00335. The summed E-state index contributed by atoms with van der Waals surface area (Å²) >= 11 is 0. The molecule has 4 nitrogen and oxygen atoms in total. The van der Waals surface area contributed by atoms with Crippen LogP contribution in [0, 0.1) is 6.92 Å². The first-order valence-electron chi connectivity index (χ1n) is 5.34. The molecular weight excluding hydrogens is 190 g/mol. The Kier molecular flexibility index (Phi) is 6.42. The van der Waals surface area contributed by atoms with Crippen molar-refractivity contribution in [2.75, 3.05) is 0 Å². The van der Waals surface area contributed by atoms with Gasteiger partial charge in [0, 0.05) is 19.2 Å². The Morgan fingerprint density at radius 1 is 1.60 bits per heavy atom. The Labute approximate surface area is 91.7 Å². The van der Waals surface area contributed by atoms with Gasteiger partial charge < -0.3 is 5.32 Å². The molecule has 0 radical (unpaired) electrons. The summed E-state index contributed by atoms with van der Waals surface area (Å²) < 4.78 is 1.83. The van der Waals surface area contributed by atoms with Crippen molar-refractivity contribution < 1.29 is 4.79 Å². The minimum atomic E-state index is -0.00335. The molecule has 1 rings (SSSR count). The fourth-order valence-corrected chi connectivity index (χ4v) is 1.24. The van der Waals surface area contributed by atoms with Gasteiger partial charge in [0.2, 0.25) is 5.91 Å². The molecule has 0 fully saturated rings. The van der Waals surface area contributed by atoms with Crippen LogP contribution in [0.2, 0.25) is 0 Å². The predicted octanol–water partition coefficient (Wildman–Crippen LogP) is 1.74. The van der Waals surface area contributed by atoms with Crippen LogP contribution in [0.5, 0.6) is 0 Å². The van der Waals surface area contributed by atoms with Crippen LogP contribution in [-0.4, -0.2) is 21.7 Å². The summed E-state index contributed by atoms with van der Waals surface area (Å²) in [4.78, 5) is 10.7. The molecule has 0 saturated carbocycles. The maximum absolute atomic E-state index is 10.7. The lowest BCUT2D eigenvalue weighted by molar-refractivity contribution is -0.119. The first-order valence-corrected chi connectivity index (χ1v) is 5.34. The van der Waals surface area contributed by atoms with Gasteiger partial charge in [-0.25, -0.2) is 0 Å². The molecular formula is C11H21N3O. The van der Waals surface area contributed by atoms with Gasteiger partial charge in [-0.15, -0.1) is 0 Å². The normalized spacial score (nSPS) is 11.3. The van der Waals surface area contributed by atoms with Crippen molar-refractivity contribution in [3.63, 3.8) is 0 Å². The van der Waals surface area contributed by atoms with Crippen LogP contribution >= 0.6 is 0 Å². The Morgan fingerprint density at radius 3 is 2.60 bits per heavy atom.